The molecule has 1 fully saturated rings. The molecule has 0 atom stereocenters. The molecule has 0 saturated carbocycles. The Balaban J connectivity index is 2.23. The summed E-state index contributed by atoms with van der Waals surface area (Å²) in [5.74, 6) is -0.847. The molecule has 3 aliphatic heterocycles. The number of amides is 2. The summed E-state index contributed by atoms with van der Waals surface area (Å²) < 4.78 is 0. The number of nitrogens with zero attached hydrogens (tertiary/aromatic N) is 2. The van der Waals surface area contributed by atoms with E-state index in [1.807, 2.05) is 27.7 Å². The fraction of sp³-hybridized carbons (Fsp3) is 0.727. The molecular weight excluding hydrogens is 356 g/mol. The summed E-state index contributed by atoms with van der Waals surface area (Å²) in [6, 6.07) is 0. The van der Waals surface area contributed by atoms with Gasteiger partial charge in [0.1, 0.15) is 22.2 Å². The highest BCUT2D eigenvalue weighted by molar-refractivity contribution is 6.35. The molecule has 0 unspecified atom stereocenters. The van der Waals surface area contributed by atoms with Gasteiger partial charge in [-0.3, -0.25) is 29.0 Å². The normalized spacial score (nSPS) is 23.0. The Hall–Kier alpha value is -1.98. The highest BCUT2D eigenvalue weighted by Gasteiger charge is 2.64. The summed E-state index contributed by atoms with van der Waals surface area (Å²) in [6.07, 6.45) is 4.56. The number of carbonyl (C=O) groups is 4. The molecule has 154 valence electrons. The maximum Gasteiger partial charge on any atom is 0.242 e. The summed E-state index contributed by atoms with van der Waals surface area (Å²) in [5.41, 5.74) is -2.18. The lowest BCUT2D eigenvalue weighted by Gasteiger charge is -2.46. The van der Waals surface area contributed by atoms with Crippen LogP contribution >= 0.6 is 0 Å². The molecule has 0 aromatic carbocycles. The van der Waals surface area contributed by atoms with Gasteiger partial charge in [0.05, 0.1) is 0 Å². The van der Waals surface area contributed by atoms with Gasteiger partial charge in [-0.2, -0.15) is 0 Å². The lowest BCUT2D eigenvalue weighted by atomic mass is 9.63. The van der Waals surface area contributed by atoms with Gasteiger partial charge < -0.3 is 0 Å². The third-order valence-electron chi connectivity index (χ3n) is 6.62. The molecule has 0 aliphatic carbocycles. The summed E-state index contributed by atoms with van der Waals surface area (Å²) in [5, 5.41) is 0. The fourth-order valence-corrected chi connectivity index (χ4v) is 5.56. The molecule has 0 radical (unpaired) electrons. The van der Waals surface area contributed by atoms with E-state index in [0.29, 0.717) is 64.5 Å². The van der Waals surface area contributed by atoms with Crippen LogP contribution in [0.15, 0.2) is 11.4 Å². The van der Waals surface area contributed by atoms with E-state index in [0.717, 1.165) is 0 Å². The van der Waals surface area contributed by atoms with Crippen molar-refractivity contribution in [3.05, 3.63) is 11.4 Å². The summed E-state index contributed by atoms with van der Waals surface area (Å²) in [4.78, 5) is 57.4. The van der Waals surface area contributed by atoms with E-state index in [-0.39, 0.29) is 34.8 Å². The van der Waals surface area contributed by atoms with E-state index in [2.05, 4.69) is 0 Å². The minimum absolute atomic E-state index is 0.125. The highest BCUT2D eigenvalue weighted by atomic mass is 16.2. The smallest absolute Gasteiger partial charge is 0.242 e. The Morgan fingerprint density at radius 3 is 1.25 bits per heavy atom. The third-order valence-corrected chi connectivity index (χ3v) is 6.62. The average molecular weight is 389 g/mol. The van der Waals surface area contributed by atoms with Crippen molar-refractivity contribution in [2.24, 2.45) is 10.8 Å². The molecule has 3 heterocycles. The first kappa shape index (κ1) is 20.7. The SMILES string of the molecule is CCCC1(CCC)C(=O)C2=C3N(CCN3C(=O)C(CCC)(CCC)C2=O)C1=O. The van der Waals surface area contributed by atoms with Gasteiger partial charge in [-0.15, -0.1) is 0 Å². The van der Waals surface area contributed by atoms with Gasteiger partial charge in [-0.05, 0) is 25.7 Å². The number of hydrogen-bond donors (Lipinski definition) is 0. The molecular formula is C22H32N2O4. The second kappa shape index (κ2) is 7.45. The Morgan fingerprint density at radius 2 is 0.964 bits per heavy atom. The average Bonchev–Trinajstić information content (AvgIpc) is 3.10. The predicted octanol–water partition coefficient (Wildman–Crippen LogP) is 3.21. The van der Waals surface area contributed by atoms with Crippen molar-refractivity contribution >= 4 is 23.4 Å². The van der Waals surface area contributed by atoms with Crippen LogP contribution in [0.4, 0.5) is 0 Å². The zero-order valence-electron chi connectivity index (χ0n) is 17.6. The third kappa shape index (κ3) is 2.52. The second-order valence-electron chi connectivity index (χ2n) is 8.43. The van der Waals surface area contributed by atoms with Crippen molar-refractivity contribution in [3.63, 3.8) is 0 Å². The van der Waals surface area contributed by atoms with Crippen molar-refractivity contribution in [1.82, 2.24) is 9.80 Å². The molecule has 2 amide bonds. The van der Waals surface area contributed by atoms with Crippen LogP contribution in [0.3, 0.4) is 0 Å². The molecule has 3 aliphatic rings. The molecule has 6 nitrogen and oxygen atoms in total. The van der Waals surface area contributed by atoms with Crippen LogP contribution in [0.5, 0.6) is 0 Å². The molecule has 0 aromatic rings. The van der Waals surface area contributed by atoms with Gasteiger partial charge in [-0.25, -0.2) is 0 Å². The Bertz CT molecular complexity index is 680. The Labute approximate surface area is 167 Å². The zero-order chi connectivity index (χ0) is 20.7. The minimum Gasteiger partial charge on any atom is -0.295 e. The van der Waals surface area contributed by atoms with E-state index in [9.17, 15) is 19.2 Å². The van der Waals surface area contributed by atoms with Crippen LogP contribution in [0.2, 0.25) is 0 Å². The lowest BCUT2D eigenvalue weighted by molar-refractivity contribution is -0.156. The first-order chi connectivity index (χ1) is 13.4. The van der Waals surface area contributed by atoms with Crippen LogP contribution < -0.4 is 0 Å². The molecule has 0 bridgehead atoms. The van der Waals surface area contributed by atoms with Gasteiger partial charge in [0.25, 0.3) is 0 Å². The highest BCUT2D eigenvalue weighted by Crippen LogP contribution is 2.50. The number of ketones is 2. The Morgan fingerprint density at radius 1 is 0.643 bits per heavy atom. The van der Waals surface area contributed by atoms with Crippen LogP contribution in [0.25, 0.3) is 0 Å². The van der Waals surface area contributed by atoms with Gasteiger partial charge in [0, 0.05) is 13.1 Å². The van der Waals surface area contributed by atoms with E-state index in [1.165, 1.54) is 0 Å². The molecule has 0 N–H and O–H groups in total. The number of hydrogen-bond acceptors (Lipinski definition) is 4. The fourth-order valence-electron chi connectivity index (χ4n) is 5.56. The van der Waals surface area contributed by atoms with Crippen LogP contribution in [-0.2, 0) is 19.2 Å². The molecule has 0 aromatic heterocycles. The standard InChI is InChI=1S/C22H32N2O4/c1-5-9-21(10-6-2)16(25)15-17(26)22(11-7-3,12-8-4)20(28)24-14-13-23(18(15)24)19(21)27/h5-14H2,1-4H3. The Kier molecular flexibility index (Phi) is 5.52. The topological polar surface area (TPSA) is 74.8 Å². The number of carbonyl (C=O) groups excluding carboxylic acids is 4. The minimum atomic E-state index is -1.15. The van der Waals surface area contributed by atoms with Crippen molar-refractivity contribution in [3.8, 4) is 0 Å². The van der Waals surface area contributed by atoms with Gasteiger partial charge in [0.2, 0.25) is 11.8 Å². The molecule has 28 heavy (non-hydrogen) atoms. The molecule has 6 heteroatoms. The molecule has 3 rings (SSSR count). The lowest BCUT2D eigenvalue weighted by Crippen LogP contribution is -2.60. The van der Waals surface area contributed by atoms with E-state index in [1.54, 1.807) is 9.80 Å². The van der Waals surface area contributed by atoms with Crippen LogP contribution in [0, 0.1) is 10.8 Å². The largest absolute Gasteiger partial charge is 0.295 e. The zero-order valence-corrected chi connectivity index (χ0v) is 17.6. The monoisotopic (exact) mass is 388 g/mol. The summed E-state index contributed by atoms with van der Waals surface area (Å²) in [7, 11) is 0. The maximum atomic E-state index is 13.7. The summed E-state index contributed by atoms with van der Waals surface area (Å²) >= 11 is 0. The van der Waals surface area contributed by atoms with E-state index < -0.39 is 10.8 Å². The van der Waals surface area contributed by atoms with E-state index in [4.69, 9.17) is 0 Å². The molecule has 1 saturated heterocycles. The number of Topliss-reactive ketones (excluding diaryl/α,β-unsaturated/α-hetero) is 2. The predicted molar refractivity (Wildman–Crippen MR) is 105 cm³/mol. The van der Waals surface area contributed by atoms with Gasteiger partial charge in [-0.1, -0.05) is 53.4 Å². The van der Waals surface area contributed by atoms with E-state index >= 15 is 0 Å². The first-order valence-corrected chi connectivity index (χ1v) is 10.8. The summed E-state index contributed by atoms with van der Waals surface area (Å²) in [6.45, 7) is 8.58. The van der Waals surface area contributed by atoms with Crippen LogP contribution in [0.1, 0.15) is 79.1 Å². The van der Waals surface area contributed by atoms with Crippen molar-refractivity contribution in [2.45, 2.75) is 79.1 Å². The number of allylic oxidation sites excluding steroid dienone is 1. The second-order valence-corrected chi connectivity index (χ2v) is 8.43. The van der Waals surface area contributed by atoms with Gasteiger partial charge >= 0.3 is 0 Å². The van der Waals surface area contributed by atoms with Gasteiger partial charge in [0.15, 0.2) is 11.6 Å². The van der Waals surface area contributed by atoms with Crippen molar-refractivity contribution in [2.75, 3.05) is 13.1 Å². The quantitative estimate of drug-likeness (QED) is 0.473. The molecule has 0 spiro atoms. The van der Waals surface area contributed by atoms with Crippen molar-refractivity contribution < 1.29 is 19.2 Å². The van der Waals surface area contributed by atoms with Crippen molar-refractivity contribution in [1.29, 1.82) is 0 Å². The maximum absolute atomic E-state index is 13.7. The van der Waals surface area contributed by atoms with Crippen LogP contribution in [-0.4, -0.2) is 46.3 Å². The first-order valence-electron chi connectivity index (χ1n) is 10.8. The number of rotatable bonds is 8.